The van der Waals surface area contributed by atoms with Crippen LogP contribution < -0.4 is 0 Å². The Labute approximate surface area is 205 Å². The maximum atomic E-state index is 10.1. The Morgan fingerprint density at radius 3 is 1.38 bits per heavy atom. The summed E-state index contributed by atoms with van der Waals surface area (Å²) in [6.45, 7) is 0. The maximum absolute atomic E-state index is 10.1. The predicted molar refractivity (Wildman–Crippen MR) is 137 cm³/mol. The van der Waals surface area contributed by atoms with Crippen LogP contribution in [0, 0.1) is 0 Å². The second-order valence-corrected chi connectivity index (χ2v) is 9.15. The van der Waals surface area contributed by atoms with Crippen LogP contribution in [-0.2, 0) is 18.3 Å². The monoisotopic (exact) mass is 472 g/mol. The lowest BCUT2D eigenvalue weighted by Crippen LogP contribution is -2.29. The normalized spacial score (nSPS) is 11.4. The van der Waals surface area contributed by atoms with Gasteiger partial charge in [-0.25, -0.2) is 0 Å². The minimum absolute atomic E-state index is 0.128. The first-order chi connectivity index (χ1) is 16.4. The van der Waals surface area contributed by atoms with E-state index in [1.54, 1.807) is 42.5 Å². The van der Waals surface area contributed by atoms with Gasteiger partial charge >= 0.3 is 0 Å². The Bertz CT molecular complexity index is 1180. The molecule has 4 aromatic carbocycles. The molecule has 174 valence electrons. The van der Waals surface area contributed by atoms with Crippen molar-refractivity contribution < 1.29 is 20.4 Å². The molecule has 34 heavy (non-hydrogen) atoms. The van der Waals surface area contributed by atoms with Gasteiger partial charge in [0.25, 0.3) is 0 Å². The van der Waals surface area contributed by atoms with E-state index in [0.717, 1.165) is 47.9 Å². The minimum Gasteiger partial charge on any atom is -0.508 e. The fourth-order valence-electron chi connectivity index (χ4n) is 4.51. The van der Waals surface area contributed by atoms with E-state index in [-0.39, 0.29) is 23.0 Å². The quantitative estimate of drug-likeness (QED) is 0.194. The molecule has 0 fully saturated rings. The summed E-state index contributed by atoms with van der Waals surface area (Å²) in [7, 11) is 0. The van der Waals surface area contributed by atoms with Crippen LogP contribution in [0.5, 0.6) is 23.0 Å². The average Bonchev–Trinajstić information content (AvgIpc) is 2.84. The number of aromatic hydroxyl groups is 4. The molecule has 4 rings (SSSR count). The summed E-state index contributed by atoms with van der Waals surface area (Å²) in [6.07, 6.45) is 3.05. The molecule has 0 aliphatic carbocycles. The fourth-order valence-corrected chi connectivity index (χ4v) is 4.72. The van der Waals surface area contributed by atoms with E-state index in [0.29, 0.717) is 4.90 Å². The molecule has 0 aromatic heterocycles. The molecule has 0 bridgehead atoms. The first kappa shape index (κ1) is 23.6. The van der Waals surface area contributed by atoms with Crippen molar-refractivity contribution in [1.82, 2.24) is 0 Å². The predicted octanol–water partition coefficient (Wildman–Crippen LogP) is 6.35. The first-order valence-electron chi connectivity index (χ1n) is 11.2. The number of hydrogen-bond donors (Lipinski definition) is 5. The lowest BCUT2D eigenvalue weighted by molar-refractivity contribution is 0.428. The molecule has 0 aliphatic heterocycles. The summed E-state index contributed by atoms with van der Waals surface area (Å²) in [6, 6.07) is 27.3. The van der Waals surface area contributed by atoms with Crippen LogP contribution in [0.3, 0.4) is 0 Å². The molecule has 0 saturated heterocycles. The second-order valence-electron chi connectivity index (χ2n) is 8.67. The van der Waals surface area contributed by atoms with Crippen LogP contribution in [0.15, 0.2) is 95.9 Å². The number of benzene rings is 4. The molecule has 0 heterocycles. The molecule has 0 amide bonds. The summed E-state index contributed by atoms with van der Waals surface area (Å²) in [4.78, 5) is 0.509. The first-order valence-corrected chi connectivity index (χ1v) is 11.7. The highest BCUT2D eigenvalue weighted by atomic mass is 32.1. The number of thiol groups is 1. The topological polar surface area (TPSA) is 80.9 Å². The minimum atomic E-state index is -0.436. The summed E-state index contributed by atoms with van der Waals surface area (Å²) in [5.74, 6) is 0.803. The molecule has 0 saturated carbocycles. The van der Waals surface area contributed by atoms with Crippen LogP contribution in [0.2, 0.25) is 0 Å². The average molecular weight is 473 g/mol. The lowest BCUT2D eigenvalue weighted by atomic mass is 9.67. The van der Waals surface area contributed by atoms with Gasteiger partial charge in [0.05, 0.1) is 0 Å². The SMILES string of the molecule is Oc1ccc(CCC(CCc2ccc(O)cc2)(c2ccc(O)cc2)c2ccc(O)c(S)c2)cc1. The summed E-state index contributed by atoms with van der Waals surface area (Å²) in [5.41, 5.74) is 3.86. The van der Waals surface area contributed by atoms with E-state index in [9.17, 15) is 20.4 Å². The highest BCUT2D eigenvalue weighted by molar-refractivity contribution is 7.80. The third kappa shape index (κ3) is 5.32. The van der Waals surface area contributed by atoms with Crippen molar-refractivity contribution in [3.8, 4) is 23.0 Å². The van der Waals surface area contributed by atoms with Gasteiger partial charge in [-0.1, -0.05) is 42.5 Å². The van der Waals surface area contributed by atoms with Gasteiger partial charge < -0.3 is 20.4 Å². The van der Waals surface area contributed by atoms with Crippen molar-refractivity contribution in [2.24, 2.45) is 0 Å². The highest BCUT2D eigenvalue weighted by Gasteiger charge is 2.34. The Kier molecular flexibility index (Phi) is 7.03. The van der Waals surface area contributed by atoms with E-state index in [1.807, 2.05) is 48.5 Å². The summed E-state index contributed by atoms with van der Waals surface area (Å²) < 4.78 is 0. The number of hydrogen-bond acceptors (Lipinski definition) is 5. The third-order valence-electron chi connectivity index (χ3n) is 6.50. The highest BCUT2D eigenvalue weighted by Crippen LogP contribution is 2.43. The molecule has 4 N–H and O–H groups in total. The molecule has 0 atom stereocenters. The van der Waals surface area contributed by atoms with E-state index in [4.69, 9.17) is 0 Å². The molecular weight excluding hydrogens is 444 g/mol. The largest absolute Gasteiger partial charge is 0.508 e. The van der Waals surface area contributed by atoms with Gasteiger partial charge in [-0.05, 0) is 96.5 Å². The molecule has 5 heteroatoms. The number of rotatable bonds is 8. The van der Waals surface area contributed by atoms with Gasteiger partial charge in [-0.15, -0.1) is 12.6 Å². The molecule has 0 radical (unpaired) electrons. The fraction of sp³-hybridized carbons (Fsp3) is 0.172. The molecular formula is C29H28O4S. The van der Waals surface area contributed by atoms with Crippen LogP contribution in [0.1, 0.15) is 35.1 Å². The number of aryl methyl sites for hydroxylation is 2. The van der Waals surface area contributed by atoms with Gasteiger partial charge in [0.2, 0.25) is 0 Å². The molecule has 0 unspecified atom stereocenters. The van der Waals surface area contributed by atoms with Crippen molar-refractivity contribution in [3.05, 3.63) is 113 Å². The van der Waals surface area contributed by atoms with Crippen LogP contribution in [0.25, 0.3) is 0 Å². The third-order valence-corrected chi connectivity index (χ3v) is 6.86. The number of phenolic OH excluding ortho intramolecular Hbond substituents is 4. The molecule has 4 nitrogen and oxygen atoms in total. The summed E-state index contributed by atoms with van der Waals surface area (Å²) in [5, 5.41) is 39.4. The van der Waals surface area contributed by atoms with E-state index >= 15 is 0 Å². The van der Waals surface area contributed by atoms with Crippen molar-refractivity contribution in [3.63, 3.8) is 0 Å². The zero-order valence-electron chi connectivity index (χ0n) is 18.7. The van der Waals surface area contributed by atoms with Gasteiger partial charge in [0, 0.05) is 10.3 Å². The number of phenols is 4. The van der Waals surface area contributed by atoms with Crippen molar-refractivity contribution in [2.75, 3.05) is 0 Å². The lowest BCUT2D eigenvalue weighted by Gasteiger charge is -2.36. The zero-order chi connectivity index (χ0) is 24.1. The second kappa shape index (κ2) is 10.1. The van der Waals surface area contributed by atoms with E-state index < -0.39 is 5.41 Å². The van der Waals surface area contributed by atoms with Gasteiger partial charge in [0.1, 0.15) is 23.0 Å². The maximum Gasteiger partial charge on any atom is 0.128 e. The Morgan fingerprint density at radius 1 is 0.529 bits per heavy atom. The smallest absolute Gasteiger partial charge is 0.128 e. The van der Waals surface area contributed by atoms with E-state index in [1.165, 1.54) is 0 Å². The molecule has 4 aromatic rings. The van der Waals surface area contributed by atoms with E-state index in [2.05, 4.69) is 12.6 Å². The van der Waals surface area contributed by atoms with Crippen LogP contribution in [-0.4, -0.2) is 20.4 Å². The van der Waals surface area contributed by atoms with Crippen LogP contribution in [0.4, 0.5) is 0 Å². The molecule has 0 spiro atoms. The van der Waals surface area contributed by atoms with Gasteiger partial charge in [-0.3, -0.25) is 0 Å². The Morgan fingerprint density at radius 2 is 0.941 bits per heavy atom. The van der Waals surface area contributed by atoms with Gasteiger partial charge in [0.15, 0.2) is 0 Å². The van der Waals surface area contributed by atoms with Crippen molar-refractivity contribution in [1.29, 1.82) is 0 Å². The zero-order valence-corrected chi connectivity index (χ0v) is 19.6. The Balaban J connectivity index is 1.79. The van der Waals surface area contributed by atoms with Gasteiger partial charge in [-0.2, -0.15) is 0 Å². The molecule has 0 aliphatic rings. The summed E-state index contributed by atoms with van der Waals surface area (Å²) >= 11 is 4.48. The van der Waals surface area contributed by atoms with Crippen molar-refractivity contribution in [2.45, 2.75) is 36.0 Å². The standard InChI is InChI=1S/C29H28O4S/c30-24-8-1-20(2-9-24)15-17-29(22-5-12-26(32)13-6-22,23-7-14-27(33)28(34)19-23)18-16-21-3-10-25(31)11-4-21/h1-14,19,30-34H,15-18H2. The van der Waals surface area contributed by atoms with Crippen molar-refractivity contribution >= 4 is 12.6 Å². The van der Waals surface area contributed by atoms with Crippen LogP contribution >= 0.6 is 12.6 Å². The Hall–Kier alpha value is -3.57.